The second-order valence-electron chi connectivity index (χ2n) is 6.99. The summed E-state index contributed by atoms with van der Waals surface area (Å²) in [5.74, 6) is 0. The monoisotopic (exact) mass is 440 g/mol. The number of carbonyl (C=O) groups excluding carboxylic acids is 1. The summed E-state index contributed by atoms with van der Waals surface area (Å²) in [7, 11) is 1.94. The Hall–Kier alpha value is -2.90. The van der Waals surface area contributed by atoms with E-state index in [0.29, 0.717) is 16.4 Å². The van der Waals surface area contributed by atoms with E-state index < -0.39 is 6.09 Å². The summed E-state index contributed by atoms with van der Waals surface area (Å²) in [4.78, 5) is 21.4. The predicted octanol–water partition coefficient (Wildman–Crippen LogP) is 5.97. The molecule has 8 heteroatoms. The molecule has 2 aromatic heterocycles. The van der Waals surface area contributed by atoms with Gasteiger partial charge >= 0.3 is 6.09 Å². The number of hydrogen-bond donors (Lipinski definition) is 1. The first-order valence-corrected chi connectivity index (χ1v) is 10.7. The fourth-order valence-corrected chi connectivity index (χ4v) is 4.58. The molecule has 30 heavy (non-hydrogen) atoms. The van der Waals surface area contributed by atoms with Gasteiger partial charge in [0.25, 0.3) is 0 Å². The highest BCUT2D eigenvalue weighted by Gasteiger charge is 2.16. The van der Waals surface area contributed by atoms with Crippen LogP contribution in [0.15, 0.2) is 42.7 Å². The Kier molecular flexibility index (Phi) is 5.74. The molecule has 0 unspecified atom stereocenters. The number of nitrogens with one attached hydrogen (secondary N) is 1. The Labute approximate surface area is 183 Å². The number of aryl methyl sites for hydroxylation is 3. The van der Waals surface area contributed by atoms with Crippen molar-refractivity contribution in [2.45, 2.75) is 26.9 Å². The summed E-state index contributed by atoms with van der Waals surface area (Å²) < 4.78 is 7.37. The summed E-state index contributed by atoms with van der Waals surface area (Å²) >= 11 is 7.49. The number of amides is 1. The van der Waals surface area contributed by atoms with E-state index >= 15 is 0 Å². The number of anilines is 1. The minimum atomic E-state index is -0.506. The smallest absolute Gasteiger partial charge is 0.412 e. The van der Waals surface area contributed by atoms with E-state index in [1.165, 1.54) is 11.3 Å². The standard InChI is InChI=1S/C22H21ClN4O2S/c1-4-17-21(30-20(25-17)16-7-6-15(23)9-13(16)2)26-22(28)29-11-14-5-8-19-18(10-14)24-12-27(19)3/h5-10,12H,4,11H2,1-3H3,(H,26,28). The molecule has 2 aromatic carbocycles. The fraction of sp³-hybridized carbons (Fsp3) is 0.227. The largest absolute Gasteiger partial charge is 0.444 e. The van der Waals surface area contributed by atoms with Gasteiger partial charge in [-0.25, -0.2) is 14.8 Å². The predicted molar refractivity (Wildman–Crippen MR) is 121 cm³/mol. The Balaban J connectivity index is 1.46. The number of nitrogens with zero attached hydrogens (tertiary/aromatic N) is 3. The number of halogens is 1. The fourth-order valence-electron chi connectivity index (χ4n) is 3.22. The van der Waals surface area contributed by atoms with Crippen LogP contribution in [0.2, 0.25) is 5.02 Å². The molecule has 4 rings (SSSR count). The average molecular weight is 441 g/mol. The van der Waals surface area contributed by atoms with Gasteiger partial charge in [-0.05, 0) is 48.7 Å². The summed E-state index contributed by atoms with van der Waals surface area (Å²) in [5, 5.41) is 5.08. The third-order valence-corrected chi connectivity index (χ3v) is 6.11. The van der Waals surface area contributed by atoms with Crippen molar-refractivity contribution in [1.82, 2.24) is 14.5 Å². The van der Waals surface area contributed by atoms with Gasteiger partial charge in [0.15, 0.2) is 0 Å². The minimum Gasteiger partial charge on any atom is -0.444 e. The summed E-state index contributed by atoms with van der Waals surface area (Å²) in [5.41, 5.74) is 5.66. The van der Waals surface area contributed by atoms with Crippen molar-refractivity contribution in [1.29, 1.82) is 0 Å². The zero-order valence-electron chi connectivity index (χ0n) is 16.9. The highest BCUT2D eigenvalue weighted by Crippen LogP contribution is 2.35. The third kappa shape index (κ3) is 4.17. The Bertz CT molecular complexity index is 1230. The maximum Gasteiger partial charge on any atom is 0.412 e. The van der Waals surface area contributed by atoms with Crippen LogP contribution < -0.4 is 5.32 Å². The molecule has 0 bridgehead atoms. The van der Waals surface area contributed by atoms with Gasteiger partial charge in [-0.3, -0.25) is 5.32 Å². The molecule has 2 heterocycles. The quantitative estimate of drug-likeness (QED) is 0.415. The van der Waals surface area contributed by atoms with E-state index in [-0.39, 0.29) is 6.61 Å². The number of benzene rings is 2. The highest BCUT2D eigenvalue weighted by molar-refractivity contribution is 7.19. The zero-order chi connectivity index (χ0) is 21.3. The van der Waals surface area contributed by atoms with Crippen LogP contribution in [0.1, 0.15) is 23.7 Å². The van der Waals surface area contributed by atoms with Gasteiger partial charge in [-0.1, -0.05) is 42.0 Å². The molecular weight excluding hydrogens is 420 g/mol. The Morgan fingerprint density at radius 2 is 2.10 bits per heavy atom. The van der Waals surface area contributed by atoms with Gasteiger partial charge in [0, 0.05) is 17.6 Å². The van der Waals surface area contributed by atoms with E-state index in [2.05, 4.69) is 10.3 Å². The normalized spacial score (nSPS) is 11.1. The number of fused-ring (bicyclic) bond motifs is 1. The molecular formula is C22H21ClN4O2S. The topological polar surface area (TPSA) is 69.0 Å². The van der Waals surface area contributed by atoms with Crippen LogP contribution >= 0.6 is 22.9 Å². The molecule has 0 aliphatic rings. The summed E-state index contributed by atoms with van der Waals surface area (Å²) in [6.45, 7) is 4.17. The van der Waals surface area contributed by atoms with Crippen LogP contribution in [0.5, 0.6) is 0 Å². The summed E-state index contributed by atoms with van der Waals surface area (Å²) in [6.07, 6.45) is 1.96. The average Bonchev–Trinajstić information content (AvgIpc) is 3.29. The zero-order valence-corrected chi connectivity index (χ0v) is 18.5. The van der Waals surface area contributed by atoms with E-state index in [1.807, 2.05) is 61.9 Å². The number of aromatic nitrogens is 3. The van der Waals surface area contributed by atoms with E-state index in [0.717, 1.165) is 38.4 Å². The number of carbonyl (C=O) groups is 1. The molecule has 0 fully saturated rings. The number of rotatable bonds is 5. The molecule has 0 radical (unpaired) electrons. The summed E-state index contributed by atoms with van der Waals surface area (Å²) in [6, 6.07) is 11.5. The number of hydrogen-bond acceptors (Lipinski definition) is 5. The molecule has 0 aliphatic carbocycles. The molecule has 0 saturated carbocycles. The molecule has 4 aromatic rings. The van der Waals surface area contributed by atoms with Gasteiger partial charge < -0.3 is 9.30 Å². The lowest BCUT2D eigenvalue weighted by atomic mass is 10.1. The van der Waals surface area contributed by atoms with Crippen LogP contribution in [0.3, 0.4) is 0 Å². The second-order valence-corrected chi connectivity index (χ2v) is 8.42. The lowest BCUT2D eigenvalue weighted by Gasteiger charge is -2.07. The molecule has 6 nitrogen and oxygen atoms in total. The number of thiazole rings is 1. The van der Waals surface area contributed by atoms with Crippen LogP contribution in [-0.4, -0.2) is 20.6 Å². The van der Waals surface area contributed by atoms with Crippen molar-refractivity contribution in [2.24, 2.45) is 7.05 Å². The molecule has 1 amide bonds. The van der Waals surface area contributed by atoms with Crippen LogP contribution in [-0.2, 0) is 24.8 Å². The SMILES string of the molecule is CCc1nc(-c2ccc(Cl)cc2C)sc1NC(=O)OCc1ccc2c(c1)ncn2C. The minimum absolute atomic E-state index is 0.168. The van der Waals surface area contributed by atoms with Gasteiger partial charge in [0.1, 0.15) is 16.6 Å². The molecule has 0 atom stereocenters. The third-order valence-electron chi connectivity index (χ3n) is 4.83. The first-order valence-electron chi connectivity index (χ1n) is 9.54. The molecule has 0 spiro atoms. The van der Waals surface area contributed by atoms with Gasteiger partial charge in [-0.2, -0.15) is 0 Å². The molecule has 0 aliphatic heterocycles. The van der Waals surface area contributed by atoms with Crippen molar-refractivity contribution in [3.63, 3.8) is 0 Å². The van der Waals surface area contributed by atoms with Gasteiger partial charge in [-0.15, -0.1) is 0 Å². The molecule has 1 N–H and O–H groups in total. The van der Waals surface area contributed by atoms with Crippen LogP contribution in [0.25, 0.3) is 21.6 Å². The molecule has 0 saturated heterocycles. The number of ether oxygens (including phenoxy) is 1. The molecule has 154 valence electrons. The Morgan fingerprint density at radius 3 is 2.87 bits per heavy atom. The lowest BCUT2D eigenvalue weighted by Crippen LogP contribution is -2.13. The van der Waals surface area contributed by atoms with Crippen molar-refractivity contribution in [2.75, 3.05) is 5.32 Å². The van der Waals surface area contributed by atoms with E-state index in [4.69, 9.17) is 21.3 Å². The Morgan fingerprint density at radius 1 is 1.27 bits per heavy atom. The van der Waals surface area contributed by atoms with Crippen molar-refractivity contribution in [3.05, 3.63) is 64.6 Å². The lowest BCUT2D eigenvalue weighted by molar-refractivity contribution is 0.155. The van der Waals surface area contributed by atoms with Crippen LogP contribution in [0.4, 0.5) is 9.80 Å². The van der Waals surface area contributed by atoms with Crippen molar-refractivity contribution < 1.29 is 9.53 Å². The van der Waals surface area contributed by atoms with E-state index in [9.17, 15) is 4.79 Å². The first kappa shape index (κ1) is 20.4. The maximum atomic E-state index is 12.4. The number of imidazole rings is 1. The first-order chi connectivity index (χ1) is 14.4. The van der Waals surface area contributed by atoms with E-state index in [1.54, 1.807) is 6.33 Å². The van der Waals surface area contributed by atoms with Gasteiger partial charge in [0.2, 0.25) is 0 Å². The van der Waals surface area contributed by atoms with Gasteiger partial charge in [0.05, 0.1) is 23.1 Å². The van der Waals surface area contributed by atoms with Crippen molar-refractivity contribution in [3.8, 4) is 10.6 Å². The van der Waals surface area contributed by atoms with Crippen molar-refractivity contribution >= 4 is 45.1 Å². The van der Waals surface area contributed by atoms with Crippen LogP contribution in [0, 0.1) is 6.92 Å². The highest BCUT2D eigenvalue weighted by atomic mass is 35.5. The maximum absolute atomic E-state index is 12.4. The second kappa shape index (κ2) is 8.45.